The van der Waals surface area contributed by atoms with Gasteiger partial charge in [-0.2, -0.15) is 5.10 Å². The zero-order valence-electron chi connectivity index (χ0n) is 11.7. The van der Waals surface area contributed by atoms with E-state index < -0.39 is 0 Å². The number of hydrogen-bond donors (Lipinski definition) is 1. The van der Waals surface area contributed by atoms with Crippen molar-refractivity contribution >= 4 is 17.1 Å². The number of fused-ring (bicyclic) bond motifs is 1. The number of carbonyl (C=O) groups excluding carboxylic acids is 1. The Morgan fingerprint density at radius 3 is 2.95 bits per heavy atom. The van der Waals surface area contributed by atoms with Crippen LogP contribution in [0.1, 0.15) is 15.9 Å². The maximum Gasteiger partial charge on any atom is 0.261 e. The Labute approximate surface area is 122 Å². The minimum atomic E-state index is -0.0922. The zero-order valence-corrected chi connectivity index (χ0v) is 11.7. The van der Waals surface area contributed by atoms with Gasteiger partial charge >= 0.3 is 0 Å². The molecule has 0 radical (unpaired) electrons. The Morgan fingerprint density at radius 2 is 2.14 bits per heavy atom. The van der Waals surface area contributed by atoms with Crippen LogP contribution in [0.3, 0.4) is 0 Å². The van der Waals surface area contributed by atoms with E-state index in [9.17, 15) is 4.79 Å². The second-order valence-electron chi connectivity index (χ2n) is 4.83. The predicted molar refractivity (Wildman–Crippen MR) is 82.3 cm³/mol. The summed E-state index contributed by atoms with van der Waals surface area (Å²) in [6.07, 6.45) is 3.42. The molecule has 0 saturated heterocycles. The summed E-state index contributed by atoms with van der Waals surface area (Å²) in [5.41, 5.74) is 8.83. The van der Waals surface area contributed by atoms with E-state index in [0.717, 1.165) is 16.8 Å². The molecular formula is C16H16N4O. The first-order chi connectivity index (χ1) is 10.2. The average Bonchev–Trinajstić information content (AvgIpc) is 2.97. The summed E-state index contributed by atoms with van der Waals surface area (Å²) in [5, 5.41) is 4.20. The Hall–Kier alpha value is -2.66. The Morgan fingerprint density at radius 1 is 1.29 bits per heavy atom. The predicted octanol–water partition coefficient (Wildman–Crippen LogP) is 2.07. The monoisotopic (exact) mass is 280 g/mol. The van der Waals surface area contributed by atoms with Crippen molar-refractivity contribution in [3.8, 4) is 0 Å². The van der Waals surface area contributed by atoms with Crippen LogP contribution in [0.5, 0.6) is 0 Å². The van der Waals surface area contributed by atoms with Gasteiger partial charge in [0.15, 0.2) is 0 Å². The van der Waals surface area contributed by atoms with Crippen molar-refractivity contribution in [2.45, 2.75) is 6.54 Å². The fourth-order valence-corrected chi connectivity index (χ4v) is 2.29. The normalized spacial score (nSPS) is 10.8. The van der Waals surface area contributed by atoms with Gasteiger partial charge in [-0.3, -0.25) is 4.79 Å². The average molecular weight is 280 g/mol. The molecule has 1 amide bonds. The molecule has 0 spiro atoms. The smallest absolute Gasteiger partial charge is 0.261 e. The molecule has 3 rings (SSSR count). The van der Waals surface area contributed by atoms with Crippen molar-refractivity contribution in [2.75, 3.05) is 11.9 Å². The summed E-state index contributed by atoms with van der Waals surface area (Å²) < 4.78 is 1.69. The highest BCUT2D eigenvalue weighted by Gasteiger charge is 2.18. The van der Waals surface area contributed by atoms with Crippen molar-refractivity contribution in [3.63, 3.8) is 0 Å². The van der Waals surface area contributed by atoms with E-state index in [1.54, 1.807) is 22.7 Å². The topological polar surface area (TPSA) is 63.6 Å². The molecule has 106 valence electrons. The number of nitrogens with two attached hydrogens (primary N) is 1. The number of benzene rings is 1. The fourth-order valence-electron chi connectivity index (χ4n) is 2.29. The lowest BCUT2D eigenvalue weighted by atomic mass is 10.1. The second-order valence-corrected chi connectivity index (χ2v) is 4.83. The van der Waals surface area contributed by atoms with Crippen LogP contribution in [0.25, 0.3) is 5.52 Å². The van der Waals surface area contributed by atoms with Gasteiger partial charge < -0.3 is 10.6 Å². The fraction of sp³-hybridized carbons (Fsp3) is 0.125. The van der Waals surface area contributed by atoms with Crippen molar-refractivity contribution in [1.82, 2.24) is 9.61 Å². The number of rotatable bonds is 3. The minimum absolute atomic E-state index is 0.0922. The number of anilines is 1. The quantitative estimate of drug-likeness (QED) is 0.799. The SMILES string of the molecule is CN(C(=O)c1cnn2ccccc12)c1cccc(CN)c1. The van der Waals surface area contributed by atoms with E-state index in [1.165, 1.54) is 0 Å². The highest BCUT2D eigenvalue weighted by molar-refractivity contribution is 6.10. The molecule has 5 heteroatoms. The lowest BCUT2D eigenvalue weighted by Crippen LogP contribution is -2.26. The van der Waals surface area contributed by atoms with Crippen LogP contribution < -0.4 is 10.6 Å². The van der Waals surface area contributed by atoms with Gasteiger partial charge in [0, 0.05) is 25.5 Å². The third kappa shape index (κ3) is 2.39. The summed E-state index contributed by atoms with van der Waals surface area (Å²) in [7, 11) is 1.75. The van der Waals surface area contributed by atoms with Gasteiger partial charge in [0.25, 0.3) is 5.91 Å². The lowest BCUT2D eigenvalue weighted by Gasteiger charge is -2.17. The van der Waals surface area contributed by atoms with Gasteiger partial charge in [-0.15, -0.1) is 0 Å². The molecule has 0 bridgehead atoms. The molecule has 0 aliphatic rings. The van der Waals surface area contributed by atoms with Gasteiger partial charge in [0.1, 0.15) is 0 Å². The second kappa shape index (κ2) is 5.38. The van der Waals surface area contributed by atoms with Crippen LogP contribution >= 0.6 is 0 Å². The summed E-state index contributed by atoms with van der Waals surface area (Å²) >= 11 is 0. The number of hydrogen-bond acceptors (Lipinski definition) is 3. The van der Waals surface area contributed by atoms with Gasteiger partial charge in [0.05, 0.1) is 17.3 Å². The molecule has 0 unspecified atom stereocenters. The molecular weight excluding hydrogens is 264 g/mol. The summed E-state index contributed by atoms with van der Waals surface area (Å²) in [6.45, 7) is 0.451. The van der Waals surface area contributed by atoms with Crippen LogP contribution in [0.2, 0.25) is 0 Å². The van der Waals surface area contributed by atoms with Crippen LogP contribution in [0.4, 0.5) is 5.69 Å². The van der Waals surface area contributed by atoms with E-state index in [-0.39, 0.29) is 5.91 Å². The van der Waals surface area contributed by atoms with Crippen molar-refractivity contribution in [2.24, 2.45) is 5.73 Å². The molecule has 21 heavy (non-hydrogen) atoms. The van der Waals surface area contributed by atoms with Crippen molar-refractivity contribution in [3.05, 3.63) is 66.0 Å². The first kappa shape index (κ1) is 13.3. The molecule has 0 atom stereocenters. The van der Waals surface area contributed by atoms with Crippen LogP contribution in [0.15, 0.2) is 54.9 Å². The van der Waals surface area contributed by atoms with Gasteiger partial charge in [0.2, 0.25) is 0 Å². The third-order valence-corrected chi connectivity index (χ3v) is 3.50. The van der Waals surface area contributed by atoms with E-state index in [0.29, 0.717) is 12.1 Å². The lowest BCUT2D eigenvalue weighted by molar-refractivity contribution is 0.0994. The first-order valence-electron chi connectivity index (χ1n) is 6.70. The van der Waals surface area contributed by atoms with Gasteiger partial charge in [-0.05, 0) is 29.8 Å². The van der Waals surface area contributed by atoms with E-state index in [1.807, 2.05) is 48.7 Å². The number of pyridine rings is 1. The maximum absolute atomic E-state index is 12.7. The summed E-state index contributed by atoms with van der Waals surface area (Å²) in [4.78, 5) is 14.3. The standard InChI is InChI=1S/C16H16N4O/c1-19(13-6-4-5-12(9-13)10-17)16(21)14-11-18-20-8-3-2-7-15(14)20/h2-9,11H,10,17H2,1H3. The highest BCUT2D eigenvalue weighted by Crippen LogP contribution is 2.19. The van der Waals surface area contributed by atoms with Crippen LogP contribution in [-0.4, -0.2) is 22.6 Å². The number of aromatic nitrogens is 2. The molecule has 2 aromatic heterocycles. The zero-order chi connectivity index (χ0) is 14.8. The minimum Gasteiger partial charge on any atom is -0.326 e. The van der Waals surface area contributed by atoms with E-state index in [4.69, 9.17) is 5.73 Å². The van der Waals surface area contributed by atoms with Crippen molar-refractivity contribution < 1.29 is 4.79 Å². The number of nitrogens with zero attached hydrogens (tertiary/aromatic N) is 3. The summed E-state index contributed by atoms with van der Waals surface area (Å²) in [5.74, 6) is -0.0922. The first-order valence-corrected chi connectivity index (χ1v) is 6.70. The molecule has 0 fully saturated rings. The molecule has 0 aliphatic heterocycles. The molecule has 0 saturated carbocycles. The Kier molecular flexibility index (Phi) is 3.41. The Bertz CT molecular complexity index is 794. The van der Waals surface area contributed by atoms with Crippen molar-refractivity contribution in [1.29, 1.82) is 0 Å². The summed E-state index contributed by atoms with van der Waals surface area (Å²) in [6, 6.07) is 13.3. The molecule has 0 aliphatic carbocycles. The largest absolute Gasteiger partial charge is 0.326 e. The van der Waals surface area contributed by atoms with Gasteiger partial charge in [-0.1, -0.05) is 18.2 Å². The van der Waals surface area contributed by atoms with E-state index in [2.05, 4.69) is 5.10 Å². The molecule has 2 heterocycles. The maximum atomic E-state index is 12.7. The molecule has 3 aromatic rings. The molecule has 2 N–H and O–H groups in total. The van der Waals surface area contributed by atoms with E-state index >= 15 is 0 Å². The number of carbonyl (C=O) groups is 1. The molecule has 5 nitrogen and oxygen atoms in total. The van der Waals surface area contributed by atoms with Crippen LogP contribution in [-0.2, 0) is 6.54 Å². The Balaban J connectivity index is 1.97. The third-order valence-electron chi connectivity index (χ3n) is 3.50. The van der Waals surface area contributed by atoms with Crippen LogP contribution in [0, 0.1) is 0 Å². The molecule has 1 aromatic carbocycles. The highest BCUT2D eigenvalue weighted by atomic mass is 16.2. The van der Waals surface area contributed by atoms with Gasteiger partial charge in [-0.25, -0.2) is 4.52 Å². The number of amides is 1.